The maximum atomic E-state index is 12.6. The van der Waals surface area contributed by atoms with Crippen molar-refractivity contribution in [2.24, 2.45) is 0 Å². The third-order valence-electron chi connectivity index (χ3n) is 5.27. The summed E-state index contributed by atoms with van der Waals surface area (Å²) in [6.07, 6.45) is -2.58. The lowest BCUT2D eigenvalue weighted by Gasteiger charge is -2.15. The Hall–Kier alpha value is -4.30. The normalized spacial score (nSPS) is 11.5. The second kappa shape index (κ2) is 10.3. The number of nitrogens with zero attached hydrogens (tertiary/aromatic N) is 1. The van der Waals surface area contributed by atoms with E-state index in [0.717, 1.165) is 16.7 Å². The van der Waals surface area contributed by atoms with Crippen LogP contribution in [-0.2, 0) is 4.74 Å². The quantitative estimate of drug-likeness (QED) is 0.214. The van der Waals surface area contributed by atoms with Gasteiger partial charge < -0.3 is 19.1 Å². The van der Waals surface area contributed by atoms with E-state index in [1.165, 1.54) is 0 Å². The molecule has 0 bridgehead atoms. The number of aryl methyl sites for hydroxylation is 1. The van der Waals surface area contributed by atoms with Crippen LogP contribution in [0.3, 0.4) is 0 Å². The maximum Gasteiger partial charge on any atom is 0.511 e. The number of carboxylic acid groups (broad SMARTS) is 1. The number of carbonyl (C=O) groups excluding carboxylic acids is 1. The summed E-state index contributed by atoms with van der Waals surface area (Å²) < 4.78 is 15.4. The highest BCUT2D eigenvalue weighted by Gasteiger charge is 2.20. The molecule has 4 aromatic rings. The molecule has 2 N–H and O–H groups in total. The smallest absolute Gasteiger partial charge is 0.449 e. The lowest BCUT2D eigenvalue weighted by Crippen LogP contribution is -2.17. The molecule has 1 heterocycles. The molecule has 0 spiro atoms. The molecule has 0 aliphatic rings. The summed E-state index contributed by atoms with van der Waals surface area (Å²) >= 11 is 6.19. The third-order valence-corrected chi connectivity index (χ3v) is 5.61. The van der Waals surface area contributed by atoms with Crippen molar-refractivity contribution in [1.29, 1.82) is 0 Å². The van der Waals surface area contributed by atoms with Crippen LogP contribution in [0.25, 0.3) is 22.4 Å². The Morgan fingerprint density at radius 1 is 0.971 bits per heavy atom. The molecule has 0 saturated carbocycles. The van der Waals surface area contributed by atoms with E-state index in [0.29, 0.717) is 27.7 Å². The Morgan fingerprint density at radius 3 is 2.20 bits per heavy atom. The van der Waals surface area contributed by atoms with E-state index in [1.807, 2.05) is 30.3 Å². The number of ether oxygens (including phenoxy) is 2. The van der Waals surface area contributed by atoms with Gasteiger partial charge in [0.15, 0.2) is 5.76 Å². The number of benzene rings is 3. The van der Waals surface area contributed by atoms with Crippen molar-refractivity contribution >= 4 is 29.5 Å². The molecule has 0 saturated heterocycles. The average molecular weight is 493 g/mol. The fraction of sp³-hybridized carbons (Fsp3) is 0.115. The standard InChI is InChI=1S/C26H21ClN2O6/c1-15(21-5-3-4-6-22(21)27)33-25(30)28-23-16(2)35-29-24(23)19-9-7-17(8-10-19)18-11-13-20(14-12-18)34-26(31)32/h3-15H,1-2H3,(H,28,30)(H,31,32)/t15-/m1/s1. The fourth-order valence-electron chi connectivity index (χ4n) is 3.51. The number of anilines is 1. The number of amides is 1. The first-order valence-corrected chi connectivity index (χ1v) is 11.0. The van der Waals surface area contributed by atoms with Crippen molar-refractivity contribution in [2.45, 2.75) is 20.0 Å². The molecular formula is C26H21ClN2O6. The van der Waals surface area contributed by atoms with Crippen molar-refractivity contribution in [3.63, 3.8) is 0 Å². The third kappa shape index (κ3) is 5.62. The molecule has 3 aromatic carbocycles. The predicted octanol–water partition coefficient (Wildman–Crippen LogP) is 7.34. The molecule has 35 heavy (non-hydrogen) atoms. The Bertz CT molecular complexity index is 1350. The number of hydrogen-bond acceptors (Lipinski definition) is 6. The first-order chi connectivity index (χ1) is 16.8. The largest absolute Gasteiger partial charge is 0.511 e. The van der Waals surface area contributed by atoms with Crippen molar-refractivity contribution in [3.8, 4) is 28.1 Å². The van der Waals surface area contributed by atoms with E-state index < -0.39 is 18.4 Å². The molecule has 0 radical (unpaired) electrons. The van der Waals surface area contributed by atoms with Gasteiger partial charge in [0.25, 0.3) is 0 Å². The topological polar surface area (TPSA) is 111 Å². The van der Waals surface area contributed by atoms with E-state index in [2.05, 4.69) is 15.2 Å². The van der Waals surface area contributed by atoms with Crippen molar-refractivity contribution in [1.82, 2.24) is 5.16 Å². The zero-order chi connectivity index (χ0) is 24.9. The first-order valence-electron chi connectivity index (χ1n) is 10.6. The summed E-state index contributed by atoms with van der Waals surface area (Å²) in [6, 6.07) is 21.3. The first kappa shape index (κ1) is 23.8. The van der Waals surface area contributed by atoms with E-state index >= 15 is 0 Å². The highest BCUT2D eigenvalue weighted by molar-refractivity contribution is 6.31. The summed E-state index contributed by atoms with van der Waals surface area (Å²) in [5.74, 6) is 0.669. The highest BCUT2D eigenvalue weighted by atomic mass is 35.5. The number of aromatic nitrogens is 1. The SMILES string of the molecule is Cc1onc(-c2ccc(-c3ccc(OC(=O)O)cc3)cc2)c1NC(=O)O[C@H](C)c1ccccc1Cl. The van der Waals surface area contributed by atoms with E-state index in [1.54, 1.807) is 56.3 Å². The van der Waals surface area contributed by atoms with Gasteiger partial charge in [-0.05, 0) is 43.2 Å². The minimum Gasteiger partial charge on any atom is -0.449 e. The summed E-state index contributed by atoms with van der Waals surface area (Å²) in [6.45, 7) is 3.43. The predicted molar refractivity (Wildman–Crippen MR) is 131 cm³/mol. The van der Waals surface area contributed by atoms with Crippen molar-refractivity contribution in [2.75, 3.05) is 5.32 Å². The van der Waals surface area contributed by atoms with Crippen molar-refractivity contribution < 1.29 is 28.7 Å². The zero-order valence-electron chi connectivity index (χ0n) is 18.8. The van der Waals surface area contributed by atoms with Gasteiger partial charge in [-0.1, -0.05) is 71.4 Å². The number of hydrogen-bond donors (Lipinski definition) is 2. The Balaban J connectivity index is 1.48. The van der Waals surface area contributed by atoms with E-state index in [9.17, 15) is 9.59 Å². The number of rotatable bonds is 6. The molecule has 9 heteroatoms. The van der Waals surface area contributed by atoms with E-state index in [-0.39, 0.29) is 5.75 Å². The van der Waals surface area contributed by atoms with Crippen molar-refractivity contribution in [3.05, 3.63) is 89.1 Å². The minimum absolute atomic E-state index is 0.238. The van der Waals surface area contributed by atoms with Gasteiger partial charge in [0.1, 0.15) is 23.2 Å². The van der Waals surface area contributed by atoms with Gasteiger partial charge in [0, 0.05) is 16.1 Å². The van der Waals surface area contributed by atoms with Gasteiger partial charge in [-0.3, -0.25) is 5.32 Å². The fourth-order valence-corrected chi connectivity index (χ4v) is 3.80. The van der Waals surface area contributed by atoms with Gasteiger partial charge in [0.2, 0.25) is 0 Å². The van der Waals surface area contributed by atoms with Gasteiger partial charge >= 0.3 is 12.2 Å². The number of nitrogens with one attached hydrogen (secondary N) is 1. The highest BCUT2D eigenvalue weighted by Crippen LogP contribution is 2.33. The van der Waals surface area contributed by atoms with Gasteiger partial charge in [-0.15, -0.1) is 0 Å². The summed E-state index contributed by atoms with van der Waals surface area (Å²) in [7, 11) is 0. The maximum absolute atomic E-state index is 12.6. The van der Waals surface area contributed by atoms with Crippen LogP contribution in [0.1, 0.15) is 24.4 Å². The Morgan fingerprint density at radius 2 is 1.57 bits per heavy atom. The van der Waals surface area contributed by atoms with Crippen LogP contribution in [0.15, 0.2) is 77.3 Å². The molecule has 4 rings (SSSR count). The Labute approximate surface area is 206 Å². The minimum atomic E-state index is -1.36. The van der Waals surface area contributed by atoms with Gasteiger partial charge in [0.05, 0.1) is 0 Å². The lowest BCUT2D eigenvalue weighted by molar-refractivity contribution is 0.121. The summed E-state index contributed by atoms with van der Waals surface area (Å²) in [5, 5.41) is 16.0. The molecule has 1 aromatic heterocycles. The second-order valence-corrected chi connectivity index (χ2v) is 8.03. The molecule has 0 aliphatic carbocycles. The van der Waals surface area contributed by atoms with Gasteiger partial charge in [-0.2, -0.15) is 0 Å². The summed E-state index contributed by atoms with van der Waals surface area (Å²) in [4.78, 5) is 23.2. The second-order valence-electron chi connectivity index (χ2n) is 7.63. The molecule has 1 amide bonds. The van der Waals surface area contributed by atoms with Crippen LogP contribution in [0, 0.1) is 6.92 Å². The monoisotopic (exact) mass is 492 g/mol. The van der Waals surface area contributed by atoms with Crippen LogP contribution in [-0.4, -0.2) is 22.5 Å². The Kier molecular flexibility index (Phi) is 7.03. The zero-order valence-corrected chi connectivity index (χ0v) is 19.6. The molecular weight excluding hydrogens is 472 g/mol. The molecule has 178 valence electrons. The summed E-state index contributed by atoms with van der Waals surface area (Å²) in [5.41, 5.74) is 4.07. The van der Waals surface area contributed by atoms with Crippen LogP contribution >= 0.6 is 11.6 Å². The van der Waals surface area contributed by atoms with Crippen LogP contribution < -0.4 is 10.1 Å². The molecule has 0 fully saturated rings. The number of halogens is 1. The number of carbonyl (C=O) groups is 2. The van der Waals surface area contributed by atoms with E-state index in [4.69, 9.17) is 26.0 Å². The average Bonchev–Trinajstić information content (AvgIpc) is 3.19. The van der Waals surface area contributed by atoms with Crippen LogP contribution in [0.5, 0.6) is 5.75 Å². The molecule has 0 unspecified atom stereocenters. The van der Waals surface area contributed by atoms with Gasteiger partial charge in [-0.25, -0.2) is 9.59 Å². The van der Waals surface area contributed by atoms with Crippen LogP contribution in [0.4, 0.5) is 15.3 Å². The molecule has 1 atom stereocenters. The lowest BCUT2D eigenvalue weighted by atomic mass is 10.0. The molecule has 8 nitrogen and oxygen atoms in total. The molecule has 0 aliphatic heterocycles. The van der Waals surface area contributed by atoms with Crippen LogP contribution in [0.2, 0.25) is 5.02 Å².